The molecule has 0 aliphatic heterocycles. The third-order valence-electron chi connectivity index (χ3n) is 3.11. The third-order valence-corrected chi connectivity index (χ3v) is 4.22. The molecule has 0 saturated heterocycles. The topological polar surface area (TPSA) is 17.8 Å². The van der Waals surface area contributed by atoms with E-state index < -0.39 is 0 Å². The second-order valence-electron chi connectivity index (χ2n) is 4.43. The average molecular weight is 312 g/mol. The predicted octanol–water partition coefficient (Wildman–Crippen LogP) is 4.38. The first-order chi connectivity index (χ1) is 8.18. The molecule has 4 heteroatoms. The Labute approximate surface area is 114 Å². The van der Waals surface area contributed by atoms with Crippen LogP contribution in [0.1, 0.15) is 24.5 Å². The first-order valence-electron chi connectivity index (χ1n) is 5.65. The van der Waals surface area contributed by atoms with Crippen molar-refractivity contribution in [3.05, 3.63) is 39.5 Å². The van der Waals surface area contributed by atoms with Crippen LogP contribution in [0.25, 0.3) is 11.3 Å². The summed E-state index contributed by atoms with van der Waals surface area (Å²) < 4.78 is 3.01. The molecule has 1 heterocycles. The van der Waals surface area contributed by atoms with Gasteiger partial charge in [-0.1, -0.05) is 29.8 Å². The first-order valence-corrected chi connectivity index (χ1v) is 6.83. The van der Waals surface area contributed by atoms with Gasteiger partial charge in [-0.2, -0.15) is 5.10 Å². The van der Waals surface area contributed by atoms with Gasteiger partial charge in [-0.3, -0.25) is 4.68 Å². The Bertz CT molecular complexity index is 573. The van der Waals surface area contributed by atoms with Gasteiger partial charge in [-0.05, 0) is 34.8 Å². The Hall–Kier alpha value is -0.800. The van der Waals surface area contributed by atoms with Gasteiger partial charge >= 0.3 is 0 Å². The number of aryl methyl sites for hydroxylation is 1. The SMILES string of the molecule is Cn1nc(C2CC2)c(Br)c1-c1ccccc1Cl. The summed E-state index contributed by atoms with van der Waals surface area (Å²) in [5, 5.41) is 5.36. The van der Waals surface area contributed by atoms with Crippen molar-refractivity contribution in [2.45, 2.75) is 18.8 Å². The number of benzene rings is 1. The molecule has 3 rings (SSSR count). The van der Waals surface area contributed by atoms with Crippen molar-refractivity contribution in [3.8, 4) is 11.3 Å². The van der Waals surface area contributed by atoms with Crippen LogP contribution in [-0.2, 0) is 7.05 Å². The Kier molecular flexibility index (Phi) is 2.75. The fraction of sp³-hybridized carbons (Fsp3) is 0.308. The van der Waals surface area contributed by atoms with E-state index in [1.54, 1.807) is 0 Å². The van der Waals surface area contributed by atoms with Gasteiger partial charge in [0.25, 0.3) is 0 Å². The van der Waals surface area contributed by atoms with Gasteiger partial charge in [0, 0.05) is 23.6 Å². The monoisotopic (exact) mass is 310 g/mol. The summed E-state index contributed by atoms with van der Waals surface area (Å²) in [7, 11) is 1.97. The van der Waals surface area contributed by atoms with Crippen molar-refractivity contribution < 1.29 is 0 Å². The normalized spacial score (nSPS) is 15.2. The number of hydrogen-bond donors (Lipinski definition) is 0. The molecule has 88 valence electrons. The van der Waals surface area contributed by atoms with Crippen molar-refractivity contribution in [3.63, 3.8) is 0 Å². The smallest absolute Gasteiger partial charge is 0.0839 e. The van der Waals surface area contributed by atoms with Crippen LogP contribution in [0.2, 0.25) is 5.02 Å². The quantitative estimate of drug-likeness (QED) is 0.805. The molecule has 1 aliphatic carbocycles. The molecule has 2 nitrogen and oxygen atoms in total. The highest BCUT2D eigenvalue weighted by molar-refractivity contribution is 9.10. The third kappa shape index (κ3) is 1.91. The molecule has 1 aromatic carbocycles. The first kappa shape index (κ1) is 11.3. The second-order valence-corrected chi connectivity index (χ2v) is 5.63. The van der Waals surface area contributed by atoms with E-state index in [2.05, 4.69) is 21.0 Å². The number of nitrogens with zero attached hydrogens (tertiary/aromatic N) is 2. The summed E-state index contributed by atoms with van der Waals surface area (Å²) in [6, 6.07) is 7.88. The maximum Gasteiger partial charge on any atom is 0.0839 e. The fourth-order valence-electron chi connectivity index (χ4n) is 2.08. The predicted molar refractivity (Wildman–Crippen MR) is 73.3 cm³/mol. The molecule has 1 saturated carbocycles. The zero-order valence-corrected chi connectivity index (χ0v) is 11.8. The summed E-state index contributed by atoms with van der Waals surface area (Å²) in [5.74, 6) is 0.631. The van der Waals surface area contributed by atoms with Crippen LogP contribution in [0.3, 0.4) is 0 Å². The van der Waals surface area contributed by atoms with Gasteiger partial charge in [0.05, 0.1) is 15.9 Å². The number of halogens is 2. The number of aromatic nitrogens is 2. The molecular weight excluding hydrogens is 300 g/mol. The van der Waals surface area contributed by atoms with Gasteiger partial charge < -0.3 is 0 Å². The van der Waals surface area contributed by atoms with Crippen LogP contribution in [0.5, 0.6) is 0 Å². The van der Waals surface area contributed by atoms with E-state index in [0.717, 1.165) is 20.8 Å². The Morgan fingerprint density at radius 3 is 2.71 bits per heavy atom. The van der Waals surface area contributed by atoms with E-state index >= 15 is 0 Å². The molecule has 2 aromatic rings. The van der Waals surface area contributed by atoms with E-state index in [1.165, 1.54) is 18.5 Å². The lowest BCUT2D eigenvalue weighted by Crippen LogP contribution is -1.94. The average Bonchev–Trinajstić information content (AvgIpc) is 3.09. The van der Waals surface area contributed by atoms with Crippen LogP contribution < -0.4 is 0 Å². The highest BCUT2D eigenvalue weighted by Gasteiger charge is 2.31. The Morgan fingerprint density at radius 2 is 2.06 bits per heavy atom. The summed E-state index contributed by atoms with van der Waals surface area (Å²) in [4.78, 5) is 0. The van der Waals surface area contributed by atoms with Crippen LogP contribution >= 0.6 is 27.5 Å². The van der Waals surface area contributed by atoms with E-state index in [4.69, 9.17) is 11.6 Å². The summed E-state index contributed by atoms with van der Waals surface area (Å²) in [5.41, 5.74) is 3.27. The Balaban J connectivity index is 2.17. The van der Waals surface area contributed by atoms with Crippen LogP contribution in [-0.4, -0.2) is 9.78 Å². The van der Waals surface area contributed by atoms with E-state index in [9.17, 15) is 0 Å². The molecule has 0 unspecified atom stereocenters. The molecule has 0 N–H and O–H groups in total. The molecule has 17 heavy (non-hydrogen) atoms. The fourth-order valence-corrected chi connectivity index (χ4v) is 3.18. The highest BCUT2D eigenvalue weighted by Crippen LogP contribution is 2.46. The van der Waals surface area contributed by atoms with Crippen LogP contribution in [0, 0.1) is 0 Å². The molecule has 1 fully saturated rings. The zero-order chi connectivity index (χ0) is 12.0. The van der Waals surface area contributed by atoms with E-state index in [1.807, 2.05) is 36.0 Å². The van der Waals surface area contributed by atoms with E-state index in [-0.39, 0.29) is 0 Å². The maximum atomic E-state index is 6.25. The molecule has 0 amide bonds. The van der Waals surface area contributed by atoms with E-state index in [0.29, 0.717) is 5.92 Å². The largest absolute Gasteiger partial charge is 0.266 e. The van der Waals surface area contributed by atoms with Crippen molar-refractivity contribution in [1.82, 2.24) is 9.78 Å². The number of rotatable bonds is 2. The maximum absolute atomic E-state index is 6.25. The van der Waals surface area contributed by atoms with Crippen LogP contribution in [0.15, 0.2) is 28.7 Å². The van der Waals surface area contributed by atoms with Gasteiger partial charge in [-0.25, -0.2) is 0 Å². The minimum atomic E-state index is 0.631. The van der Waals surface area contributed by atoms with Crippen molar-refractivity contribution in [2.24, 2.45) is 7.05 Å². The summed E-state index contributed by atoms with van der Waals surface area (Å²) in [6.07, 6.45) is 2.50. The lowest BCUT2D eigenvalue weighted by Gasteiger charge is -2.05. The zero-order valence-electron chi connectivity index (χ0n) is 9.45. The Morgan fingerprint density at radius 1 is 1.35 bits per heavy atom. The van der Waals surface area contributed by atoms with Gasteiger partial charge in [0.2, 0.25) is 0 Å². The van der Waals surface area contributed by atoms with Crippen molar-refractivity contribution >= 4 is 27.5 Å². The minimum Gasteiger partial charge on any atom is -0.266 e. The van der Waals surface area contributed by atoms with Crippen molar-refractivity contribution in [1.29, 1.82) is 0 Å². The molecule has 1 aliphatic rings. The van der Waals surface area contributed by atoms with Gasteiger partial charge in [-0.15, -0.1) is 0 Å². The highest BCUT2D eigenvalue weighted by atomic mass is 79.9. The van der Waals surface area contributed by atoms with Gasteiger partial charge in [0.15, 0.2) is 0 Å². The molecule has 0 radical (unpaired) electrons. The van der Waals surface area contributed by atoms with Gasteiger partial charge in [0.1, 0.15) is 0 Å². The standard InChI is InChI=1S/C13H12BrClN2/c1-17-13(9-4-2-3-5-10(9)15)11(14)12(16-17)8-6-7-8/h2-5,8H,6-7H2,1H3. The molecule has 0 atom stereocenters. The lowest BCUT2D eigenvalue weighted by molar-refractivity contribution is 0.750. The molecular formula is C13H12BrClN2. The van der Waals surface area contributed by atoms with Crippen LogP contribution in [0.4, 0.5) is 0 Å². The molecule has 0 bridgehead atoms. The molecule has 0 spiro atoms. The minimum absolute atomic E-state index is 0.631. The summed E-state index contributed by atoms with van der Waals surface area (Å²) >= 11 is 9.92. The number of hydrogen-bond acceptors (Lipinski definition) is 1. The molecule has 1 aromatic heterocycles. The second kappa shape index (κ2) is 4.14. The van der Waals surface area contributed by atoms with Crippen molar-refractivity contribution in [2.75, 3.05) is 0 Å². The summed E-state index contributed by atoms with van der Waals surface area (Å²) in [6.45, 7) is 0. The lowest BCUT2D eigenvalue weighted by atomic mass is 10.1.